The summed E-state index contributed by atoms with van der Waals surface area (Å²) in [6.07, 6.45) is 6.52. The van der Waals surface area contributed by atoms with Gasteiger partial charge in [-0.05, 0) is 25.0 Å². The highest BCUT2D eigenvalue weighted by Gasteiger charge is 2.26. The van der Waals surface area contributed by atoms with Gasteiger partial charge in [0.25, 0.3) is 0 Å². The van der Waals surface area contributed by atoms with E-state index in [0.29, 0.717) is 0 Å². The number of hydrogen-bond acceptors (Lipinski definition) is 2. The Balaban J connectivity index is 1.81. The van der Waals surface area contributed by atoms with E-state index in [1.54, 1.807) is 0 Å². The van der Waals surface area contributed by atoms with Gasteiger partial charge in [0.15, 0.2) is 0 Å². The molecule has 2 atom stereocenters. The second-order valence-electron chi connectivity index (χ2n) is 4.51. The molecule has 0 saturated carbocycles. The van der Waals surface area contributed by atoms with Crippen molar-refractivity contribution in [1.29, 1.82) is 0 Å². The monoisotopic (exact) mass is 306 g/mol. The molecule has 2 unspecified atom stereocenters. The van der Waals surface area contributed by atoms with Gasteiger partial charge in [0, 0.05) is 18.4 Å². The van der Waals surface area contributed by atoms with Crippen molar-refractivity contribution >= 4 is 15.9 Å². The SMILES string of the molecule is BrC(c1cnn(-c2ccccc2)c1)C1CCCO1. The summed E-state index contributed by atoms with van der Waals surface area (Å²) < 4.78 is 7.60. The fourth-order valence-corrected chi connectivity index (χ4v) is 2.90. The van der Waals surface area contributed by atoms with Crippen LogP contribution >= 0.6 is 15.9 Å². The van der Waals surface area contributed by atoms with Crippen molar-refractivity contribution in [2.45, 2.75) is 23.8 Å². The van der Waals surface area contributed by atoms with E-state index in [0.717, 1.165) is 25.1 Å². The van der Waals surface area contributed by atoms with Crippen molar-refractivity contribution in [1.82, 2.24) is 9.78 Å². The molecule has 1 saturated heterocycles. The Hall–Kier alpha value is -1.13. The Kier molecular flexibility index (Phi) is 3.48. The normalized spacial score (nSPS) is 21.1. The van der Waals surface area contributed by atoms with Gasteiger partial charge in [-0.15, -0.1) is 0 Å². The Morgan fingerprint density at radius 3 is 2.89 bits per heavy atom. The van der Waals surface area contributed by atoms with Gasteiger partial charge >= 0.3 is 0 Å². The lowest BCUT2D eigenvalue weighted by molar-refractivity contribution is 0.110. The maximum Gasteiger partial charge on any atom is 0.0742 e. The van der Waals surface area contributed by atoms with Crippen molar-refractivity contribution in [2.75, 3.05) is 6.61 Å². The number of ether oxygens (including phenoxy) is 1. The Morgan fingerprint density at radius 1 is 1.33 bits per heavy atom. The number of aromatic nitrogens is 2. The molecule has 94 valence electrons. The van der Waals surface area contributed by atoms with Crippen LogP contribution in [-0.4, -0.2) is 22.5 Å². The summed E-state index contributed by atoms with van der Waals surface area (Å²) >= 11 is 3.72. The first-order valence-electron chi connectivity index (χ1n) is 6.20. The molecular formula is C14H15BrN2O. The van der Waals surface area contributed by atoms with Crippen LogP contribution in [0.4, 0.5) is 0 Å². The molecule has 3 nitrogen and oxygen atoms in total. The topological polar surface area (TPSA) is 27.1 Å². The Morgan fingerprint density at radius 2 is 2.17 bits per heavy atom. The van der Waals surface area contributed by atoms with Crippen LogP contribution in [0.3, 0.4) is 0 Å². The third-order valence-corrected chi connectivity index (χ3v) is 4.35. The van der Waals surface area contributed by atoms with Crippen LogP contribution in [0.25, 0.3) is 5.69 Å². The van der Waals surface area contributed by atoms with Crippen LogP contribution in [0.5, 0.6) is 0 Å². The number of benzene rings is 1. The van der Waals surface area contributed by atoms with Crippen molar-refractivity contribution < 1.29 is 4.74 Å². The zero-order chi connectivity index (χ0) is 12.4. The maximum absolute atomic E-state index is 5.70. The van der Waals surface area contributed by atoms with Crippen molar-refractivity contribution in [2.24, 2.45) is 0 Å². The summed E-state index contributed by atoms with van der Waals surface area (Å²) in [5.41, 5.74) is 2.25. The second kappa shape index (κ2) is 5.24. The third-order valence-electron chi connectivity index (χ3n) is 3.23. The molecule has 0 aliphatic carbocycles. The molecular weight excluding hydrogens is 292 g/mol. The molecule has 1 aliphatic heterocycles. The lowest BCUT2D eigenvalue weighted by Gasteiger charge is -2.14. The Labute approximate surface area is 115 Å². The number of alkyl halides is 1. The lowest BCUT2D eigenvalue weighted by Crippen LogP contribution is -2.11. The number of hydrogen-bond donors (Lipinski definition) is 0. The maximum atomic E-state index is 5.70. The molecule has 3 rings (SSSR count). The molecule has 1 aliphatic rings. The minimum Gasteiger partial charge on any atom is -0.377 e. The van der Waals surface area contributed by atoms with E-state index in [4.69, 9.17) is 4.74 Å². The van der Waals surface area contributed by atoms with E-state index in [1.807, 2.05) is 41.2 Å². The number of halogens is 1. The first-order valence-corrected chi connectivity index (χ1v) is 7.12. The minimum atomic E-state index is 0.234. The molecule has 2 aromatic rings. The fourth-order valence-electron chi connectivity index (χ4n) is 2.25. The zero-order valence-electron chi connectivity index (χ0n) is 10.00. The van der Waals surface area contributed by atoms with Crippen LogP contribution in [0.1, 0.15) is 23.2 Å². The average molecular weight is 307 g/mol. The highest BCUT2D eigenvalue weighted by Crippen LogP contribution is 2.33. The van der Waals surface area contributed by atoms with Gasteiger partial charge in [0.2, 0.25) is 0 Å². The van der Waals surface area contributed by atoms with Gasteiger partial charge in [-0.3, -0.25) is 0 Å². The molecule has 0 spiro atoms. The highest BCUT2D eigenvalue weighted by molar-refractivity contribution is 9.09. The van der Waals surface area contributed by atoms with Gasteiger partial charge in [-0.25, -0.2) is 4.68 Å². The summed E-state index contributed by atoms with van der Waals surface area (Å²) in [6, 6.07) is 10.1. The first kappa shape index (κ1) is 11.9. The number of rotatable bonds is 3. The summed E-state index contributed by atoms with van der Waals surface area (Å²) in [5.74, 6) is 0. The first-order chi connectivity index (χ1) is 8.84. The molecule has 18 heavy (non-hydrogen) atoms. The van der Waals surface area contributed by atoms with E-state index in [1.165, 1.54) is 5.56 Å². The summed E-state index contributed by atoms with van der Waals surface area (Å²) in [6.45, 7) is 0.875. The van der Waals surface area contributed by atoms with E-state index in [9.17, 15) is 0 Å². The van der Waals surface area contributed by atoms with Crippen LogP contribution in [0, 0.1) is 0 Å². The van der Waals surface area contributed by atoms with Crippen molar-refractivity contribution in [3.8, 4) is 5.69 Å². The standard InChI is InChI=1S/C14H15BrN2O/c15-14(13-7-4-8-18-13)11-9-16-17(10-11)12-5-2-1-3-6-12/h1-3,5-6,9-10,13-14H,4,7-8H2. The quantitative estimate of drug-likeness (QED) is 0.812. The molecule has 1 fully saturated rings. The average Bonchev–Trinajstić information content (AvgIpc) is 3.10. The number of para-hydroxylation sites is 1. The van der Waals surface area contributed by atoms with Gasteiger partial charge in [-0.1, -0.05) is 34.1 Å². The lowest BCUT2D eigenvalue weighted by atomic mass is 10.1. The van der Waals surface area contributed by atoms with Crippen LogP contribution in [0.2, 0.25) is 0 Å². The Bertz CT molecular complexity index is 506. The van der Waals surface area contributed by atoms with E-state index in [-0.39, 0.29) is 10.9 Å². The molecule has 1 aromatic heterocycles. The molecule has 1 aromatic carbocycles. The van der Waals surface area contributed by atoms with Crippen LogP contribution in [0.15, 0.2) is 42.7 Å². The van der Waals surface area contributed by atoms with E-state index in [2.05, 4.69) is 27.2 Å². The van der Waals surface area contributed by atoms with Gasteiger partial charge in [0.1, 0.15) is 0 Å². The predicted octanol–water partition coefficient (Wildman–Crippen LogP) is 3.49. The van der Waals surface area contributed by atoms with Crippen molar-refractivity contribution in [3.63, 3.8) is 0 Å². The summed E-state index contributed by atoms with van der Waals surface area (Å²) in [5, 5.41) is 4.41. The molecule has 2 heterocycles. The van der Waals surface area contributed by atoms with Gasteiger partial charge in [-0.2, -0.15) is 5.10 Å². The fraction of sp³-hybridized carbons (Fsp3) is 0.357. The predicted molar refractivity (Wildman–Crippen MR) is 74.2 cm³/mol. The molecule has 0 amide bonds. The largest absolute Gasteiger partial charge is 0.377 e. The second-order valence-corrected chi connectivity index (χ2v) is 5.49. The van der Waals surface area contributed by atoms with Gasteiger partial charge in [0.05, 0.1) is 22.8 Å². The van der Waals surface area contributed by atoms with E-state index < -0.39 is 0 Å². The molecule has 0 N–H and O–H groups in total. The molecule has 0 bridgehead atoms. The molecule has 4 heteroatoms. The highest BCUT2D eigenvalue weighted by atomic mass is 79.9. The van der Waals surface area contributed by atoms with Crippen molar-refractivity contribution in [3.05, 3.63) is 48.3 Å². The summed E-state index contributed by atoms with van der Waals surface area (Å²) in [7, 11) is 0. The van der Waals surface area contributed by atoms with E-state index >= 15 is 0 Å². The van der Waals surface area contributed by atoms with Crippen LogP contribution in [-0.2, 0) is 4.74 Å². The summed E-state index contributed by atoms with van der Waals surface area (Å²) in [4.78, 5) is 0.234. The van der Waals surface area contributed by atoms with Crippen LogP contribution < -0.4 is 0 Å². The minimum absolute atomic E-state index is 0.234. The van der Waals surface area contributed by atoms with Gasteiger partial charge < -0.3 is 4.74 Å². The third kappa shape index (κ3) is 2.35. The molecule has 0 radical (unpaired) electrons. The number of nitrogens with zero attached hydrogens (tertiary/aromatic N) is 2. The zero-order valence-corrected chi connectivity index (χ0v) is 11.6. The smallest absolute Gasteiger partial charge is 0.0742 e.